The van der Waals surface area contributed by atoms with Gasteiger partial charge in [0.1, 0.15) is 5.92 Å². The summed E-state index contributed by atoms with van der Waals surface area (Å²) in [6, 6.07) is 0.650. The number of carbonyl (C=O) groups excluding carboxylic acids is 1. The monoisotopic (exact) mass is 284 g/mol. The Labute approximate surface area is 121 Å². The fourth-order valence-corrected chi connectivity index (χ4v) is 2.83. The van der Waals surface area contributed by atoms with Gasteiger partial charge in [-0.2, -0.15) is 0 Å². The molecule has 0 spiro atoms. The predicted molar refractivity (Wildman–Crippen MR) is 79.6 cm³/mol. The highest BCUT2D eigenvalue weighted by Gasteiger charge is 2.26. The van der Waals surface area contributed by atoms with E-state index in [-0.39, 0.29) is 17.7 Å². The zero-order valence-electron chi connectivity index (χ0n) is 12.8. The van der Waals surface area contributed by atoms with Gasteiger partial charge < -0.3 is 21.2 Å². The average Bonchev–Trinajstić information content (AvgIpc) is 2.92. The van der Waals surface area contributed by atoms with E-state index in [0.29, 0.717) is 12.6 Å². The molecule has 1 saturated carbocycles. The van der Waals surface area contributed by atoms with Gasteiger partial charge in [-0.3, -0.25) is 4.79 Å². The fourth-order valence-electron chi connectivity index (χ4n) is 2.83. The maximum atomic E-state index is 12.1. The standard InChI is InChI=1S/C14H28N4O2/c1-10(2)12(13(15)17-20)14(19)16-8-9-18(3)11-6-4-5-7-11/h10-12,20H,4-9H2,1-3H3,(H2,15,17)(H,16,19). The molecule has 116 valence electrons. The Balaban J connectivity index is 2.37. The first-order valence-electron chi connectivity index (χ1n) is 7.42. The molecular formula is C14H28N4O2. The van der Waals surface area contributed by atoms with E-state index in [4.69, 9.17) is 10.9 Å². The Kier molecular flexibility index (Phi) is 6.78. The number of likely N-dealkylation sites (N-methyl/N-ethyl adjacent to an activating group) is 1. The van der Waals surface area contributed by atoms with Gasteiger partial charge in [0.2, 0.25) is 5.91 Å². The highest BCUT2D eigenvalue weighted by atomic mass is 16.4. The number of carbonyl (C=O) groups is 1. The molecule has 1 amide bonds. The largest absolute Gasteiger partial charge is 0.409 e. The number of oxime groups is 1. The molecule has 1 rings (SSSR count). The number of hydrogen-bond acceptors (Lipinski definition) is 4. The number of hydrogen-bond donors (Lipinski definition) is 3. The fraction of sp³-hybridized carbons (Fsp3) is 0.857. The average molecular weight is 284 g/mol. The lowest BCUT2D eigenvalue weighted by Crippen LogP contribution is -2.44. The molecular weight excluding hydrogens is 256 g/mol. The van der Waals surface area contributed by atoms with Crippen molar-refractivity contribution in [3.8, 4) is 0 Å². The van der Waals surface area contributed by atoms with Crippen LogP contribution in [0.3, 0.4) is 0 Å². The van der Waals surface area contributed by atoms with Gasteiger partial charge in [-0.1, -0.05) is 31.8 Å². The molecule has 20 heavy (non-hydrogen) atoms. The lowest BCUT2D eigenvalue weighted by molar-refractivity contribution is -0.124. The zero-order valence-corrected chi connectivity index (χ0v) is 12.8. The van der Waals surface area contributed by atoms with Crippen molar-refractivity contribution in [1.82, 2.24) is 10.2 Å². The summed E-state index contributed by atoms with van der Waals surface area (Å²) in [6.45, 7) is 5.19. The normalized spacial score (nSPS) is 18.8. The van der Waals surface area contributed by atoms with Crippen molar-refractivity contribution in [2.24, 2.45) is 22.7 Å². The van der Waals surface area contributed by atoms with Crippen LogP contribution >= 0.6 is 0 Å². The van der Waals surface area contributed by atoms with Gasteiger partial charge in [0.15, 0.2) is 5.84 Å². The SMILES string of the molecule is CC(C)C(C(=O)NCCN(C)C1CCCC1)C(N)=NO. The second-order valence-electron chi connectivity index (χ2n) is 5.96. The second kappa shape index (κ2) is 8.09. The summed E-state index contributed by atoms with van der Waals surface area (Å²) in [5.41, 5.74) is 5.58. The topological polar surface area (TPSA) is 91.0 Å². The first-order valence-corrected chi connectivity index (χ1v) is 7.42. The van der Waals surface area contributed by atoms with Crippen LogP contribution in [-0.4, -0.2) is 48.0 Å². The Bertz CT molecular complexity index is 338. The second-order valence-corrected chi connectivity index (χ2v) is 5.96. The maximum Gasteiger partial charge on any atom is 0.231 e. The number of amides is 1. The molecule has 0 aromatic heterocycles. The summed E-state index contributed by atoms with van der Waals surface area (Å²) in [5, 5.41) is 14.6. The third kappa shape index (κ3) is 4.67. The molecule has 0 radical (unpaired) electrons. The van der Waals surface area contributed by atoms with Gasteiger partial charge in [0.25, 0.3) is 0 Å². The molecule has 0 heterocycles. The summed E-state index contributed by atoms with van der Waals surface area (Å²) in [7, 11) is 2.10. The van der Waals surface area contributed by atoms with E-state index < -0.39 is 5.92 Å². The van der Waals surface area contributed by atoms with Gasteiger partial charge in [-0.25, -0.2) is 0 Å². The molecule has 0 aliphatic heterocycles. The van der Waals surface area contributed by atoms with Crippen molar-refractivity contribution in [1.29, 1.82) is 0 Å². The van der Waals surface area contributed by atoms with E-state index in [0.717, 1.165) is 6.54 Å². The van der Waals surface area contributed by atoms with Crippen LogP contribution in [0.1, 0.15) is 39.5 Å². The van der Waals surface area contributed by atoms with E-state index in [1.807, 2.05) is 13.8 Å². The minimum Gasteiger partial charge on any atom is -0.409 e. The predicted octanol–water partition coefficient (Wildman–Crippen LogP) is 0.996. The van der Waals surface area contributed by atoms with Crippen LogP contribution in [0, 0.1) is 11.8 Å². The van der Waals surface area contributed by atoms with E-state index in [1.165, 1.54) is 25.7 Å². The third-order valence-electron chi connectivity index (χ3n) is 4.10. The number of nitrogens with two attached hydrogens (primary N) is 1. The Morgan fingerprint density at radius 2 is 2.05 bits per heavy atom. The van der Waals surface area contributed by atoms with E-state index in [1.54, 1.807) is 0 Å². The van der Waals surface area contributed by atoms with Crippen LogP contribution < -0.4 is 11.1 Å². The van der Waals surface area contributed by atoms with Gasteiger partial charge in [0, 0.05) is 19.1 Å². The summed E-state index contributed by atoms with van der Waals surface area (Å²) in [6.07, 6.45) is 5.12. The van der Waals surface area contributed by atoms with Gasteiger partial charge in [0.05, 0.1) is 0 Å². The van der Waals surface area contributed by atoms with E-state index in [9.17, 15) is 4.79 Å². The van der Waals surface area contributed by atoms with Crippen molar-refractivity contribution in [3.63, 3.8) is 0 Å². The van der Waals surface area contributed by atoms with Crippen molar-refractivity contribution in [2.75, 3.05) is 20.1 Å². The lowest BCUT2D eigenvalue weighted by Gasteiger charge is -2.25. The van der Waals surface area contributed by atoms with Crippen LogP contribution in [0.25, 0.3) is 0 Å². The van der Waals surface area contributed by atoms with E-state index >= 15 is 0 Å². The summed E-state index contributed by atoms with van der Waals surface area (Å²) in [4.78, 5) is 14.4. The van der Waals surface area contributed by atoms with Gasteiger partial charge >= 0.3 is 0 Å². The first kappa shape index (κ1) is 16.8. The molecule has 0 saturated heterocycles. The third-order valence-corrected chi connectivity index (χ3v) is 4.10. The van der Waals surface area contributed by atoms with Gasteiger partial charge in [-0.05, 0) is 25.8 Å². The van der Waals surface area contributed by atoms with Crippen LogP contribution in [0.15, 0.2) is 5.16 Å². The van der Waals surface area contributed by atoms with Gasteiger partial charge in [-0.15, -0.1) is 0 Å². The molecule has 6 heteroatoms. The smallest absolute Gasteiger partial charge is 0.231 e. The number of nitrogens with one attached hydrogen (secondary N) is 1. The maximum absolute atomic E-state index is 12.1. The lowest BCUT2D eigenvalue weighted by atomic mass is 9.94. The minimum atomic E-state index is -0.572. The van der Waals surface area contributed by atoms with Crippen LogP contribution in [-0.2, 0) is 4.79 Å². The molecule has 6 nitrogen and oxygen atoms in total. The Morgan fingerprint density at radius 1 is 1.45 bits per heavy atom. The van der Waals surface area contributed by atoms with E-state index in [2.05, 4.69) is 22.4 Å². The van der Waals surface area contributed by atoms with Crippen molar-refractivity contribution >= 4 is 11.7 Å². The quantitative estimate of drug-likeness (QED) is 0.281. The summed E-state index contributed by atoms with van der Waals surface area (Å²) >= 11 is 0. The molecule has 1 aliphatic carbocycles. The molecule has 1 aliphatic rings. The molecule has 1 atom stereocenters. The Hall–Kier alpha value is -1.30. The first-order chi connectivity index (χ1) is 9.47. The molecule has 0 aromatic carbocycles. The highest BCUT2D eigenvalue weighted by Crippen LogP contribution is 2.21. The number of amidine groups is 1. The van der Waals surface area contributed by atoms with Crippen LogP contribution in [0.5, 0.6) is 0 Å². The Morgan fingerprint density at radius 3 is 2.55 bits per heavy atom. The number of rotatable bonds is 7. The molecule has 0 bridgehead atoms. The van der Waals surface area contributed by atoms with Crippen molar-refractivity contribution in [3.05, 3.63) is 0 Å². The molecule has 1 unspecified atom stereocenters. The minimum absolute atomic E-state index is 0.00142. The molecule has 4 N–H and O–H groups in total. The van der Waals surface area contributed by atoms with Crippen LogP contribution in [0.4, 0.5) is 0 Å². The molecule has 0 aromatic rings. The van der Waals surface area contributed by atoms with Crippen molar-refractivity contribution < 1.29 is 10.0 Å². The van der Waals surface area contributed by atoms with Crippen molar-refractivity contribution in [2.45, 2.75) is 45.6 Å². The molecule has 1 fully saturated rings. The van der Waals surface area contributed by atoms with Crippen LogP contribution in [0.2, 0.25) is 0 Å². The number of nitrogens with zero attached hydrogens (tertiary/aromatic N) is 2. The summed E-state index contributed by atoms with van der Waals surface area (Å²) < 4.78 is 0. The zero-order chi connectivity index (χ0) is 15.1. The highest BCUT2D eigenvalue weighted by molar-refractivity contribution is 6.02. The summed E-state index contributed by atoms with van der Waals surface area (Å²) in [5.74, 6) is -0.771.